The molecular formula is C28H31ClF2N2O3. The van der Waals surface area contributed by atoms with Gasteiger partial charge in [0.15, 0.2) is 5.78 Å². The summed E-state index contributed by atoms with van der Waals surface area (Å²) >= 11 is 0. The predicted octanol–water partition coefficient (Wildman–Crippen LogP) is 4.76. The summed E-state index contributed by atoms with van der Waals surface area (Å²) < 4.78 is 32.8. The minimum atomic E-state index is -0.760. The topological polar surface area (TPSA) is 53.0 Å². The van der Waals surface area contributed by atoms with E-state index in [-0.39, 0.29) is 48.3 Å². The first kappa shape index (κ1) is 27.6. The number of hydrogen-bond donors (Lipinski definition) is 1. The molecule has 0 aliphatic carbocycles. The highest BCUT2D eigenvalue weighted by molar-refractivity contribution is 5.98. The van der Waals surface area contributed by atoms with E-state index in [1.165, 1.54) is 30.3 Å². The summed E-state index contributed by atoms with van der Waals surface area (Å²) in [5.74, 6) is -0.669. The molecule has 0 bridgehead atoms. The molecule has 0 amide bonds. The number of hydrogen-bond acceptors (Lipinski definition) is 5. The van der Waals surface area contributed by atoms with Crippen LogP contribution in [0.3, 0.4) is 0 Å². The Morgan fingerprint density at radius 1 is 0.917 bits per heavy atom. The Morgan fingerprint density at radius 3 is 2.28 bits per heavy atom. The fraction of sp³-hybridized carbons (Fsp3) is 0.321. The number of carbonyl (C=O) groups excluding carboxylic acids is 1. The quantitative estimate of drug-likeness (QED) is 0.394. The van der Waals surface area contributed by atoms with Crippen LogP contribution < -0.4 is 9.64 Å². The van der Waals surface area contributed by atoms with Crippen LogP contribution in [0, 0.1) is 11.6 Å². The van der Waals surface area contributed by atoms with E-state index >= 15 is 0 Å². The van der Waals surface area contributed by atoms with Gasteiger partial charge >= 0.3 is 0 Å². The molecule has 192 valence electrons. The Kier molecular flexibility index (Phi) is 10.2. The molecule has 4 rings (SSSR count). The summed E-state index contributed by atoms with van der Waals surface area (Å²) in [5.41, 5.74) is 2.21. The number of rotatable bonds is 10. The minimum absolute atomic E-state index is 0. The monoisotopic (exact) mass is 516 g/mol. The van der Waals surface area contributed by atoms with Gasteiger partial charge in [-0.3, -0.25) is 9.69 Å². The Hall–Kier alpha value is -3.00. The number of carbonyl (C=O) groups is 1. The lowest BCUT2D eigenvalue weighted by Crippen LogP contribution is -2.49. The van der Waals surface area contributed by atoms with E-state index < -0.39 is 11.9 Å². The van der Waals surface area contributed by atoms with Crippen molar-refractivity contribution in [2.24, 2.45) is 0 Å². The maximum absolute atomic E-state index is 13.9. The summed E-state index contributed by atoms with van der Waals surface area (Å²) in [6, 6.07) is 20.0. The highest BCUT2D eigenvalue weighted by Gasteiger charge is 2.21. The molecule has 8 heteroatoms. The van der Waals surface area contributed by atoms with Crippen molar-refractivity contribution in [2.75, 3.05) is 44.2 Å². The van der Waals surface area contributed by atoms with E-state index in [2.05, 4.69) is 9.80 Å². The maximum atomic E-state index is 13.9. The van der Waals surface area contributed by atoms with Crippen LogP contribution in [-0.2, 0) is 6.42 Å². The predicted molar refractivity (Wildman–Crippen MR) is 139 cm³/mol. The van der Waals surface area contributed by atoms with Gasteiger partial charge in [0, 0.05) is 44.8 Å². The van der Waals surface area contributed by atoms with Crippen LogP contribution in [-0.4, -0.2) is 61.2 Å². The third kappa shape index (κ3) is 7.75. The number of aryl methyl sites for hydroxylation is 1. The standard InChI is InChI=1S/C28H30F2N2O3.ClH/c29-22-7-10-24(11-8-22)32-16-14-31(15-17-32)19-25(33)20-35-28-13-9-23(30)18-26(28)27(34)12-6-21-4-2-1-3-5-21;/h1-5,7-11,13,18,25,33H,6,12,14-17,19-20H2;1H. The van der Waals surface area contributed by atoms with E-state index in [4.69, 9.17) is 4.74 Å². The third-order valence-corrected chi connectivity index (χ3v) is 6.19. The van der Waals surface area contributed by atoms with Crippen molar-refractivity contribution in [1.82, 2.24) is 4.90 Å². The summed E-state index contributed by atoms with van der Waals surface area (Å²) in [6.07, 6.45) is 0.0389. The number of nitrogens with zero attached hydrogens (tertiary/aromatic N) is 2. The fourth-order valence-electron chi connectivity index (χ4n) is 4.26. The van der Waals surface area contributed by atoms with E-state index in [1.807, 2.05) is 30.3 Å². The first-order valence-electron chi connectivity index (χ1n) is 11.9. The van der Waals surface area contributed by atoms with Gasteiger partial charge in [0.2, 0.25) is 0 Å². The Balaban J connectivity index is 0.00000361. The average molecular weight is 517 g/mol. The molecule has 1 unspecified atom stereocenters. The number of aliphatic hydroxyl groups is 1. The van der Waals surface area contributed by atoms with Gasteiger partial charge in [-0.1, -0.05) is 30.3 Å². The van der Waals surface area contributed by atoms with Crippen LogP contribution in [0.15, 0.2) is 72.8 Å². The molecule has 1 aliphatic rings. The lowest BCUT2D eigenvalue weighted by Gasteiger charge is -2.36. The molecule has 1 saturated heterocycles. The number of Topliss-reactive ketones (excluding diaryl/α,β-unsaturated/α-hetero) is 1. The Morgan fingerprint density at radius 2 is 1.58 bits per heavy atom. The molecule has 0 radical (unpaired) electrons. The zero-order valence-electron chi connectivity index (χ0n) is 20.0. The van der Waals surface area contributed by atoms with Crippen LogP contribution in [0.1, 0.15) is 22.3 Å². The van der Waals surface area contributed by atoms with Crippen LogP contribution in [0.2, 0.25) is 0 Å². The fourth-order valence-corrected chi connectivity index (χ4v) is 4.26. The lowest BCUT2D eigenvalue weighted by molar-refractivity contribution is 0.0655. The zero-order chi connectivity index (χ0) is 24.6. The molecule has 36 heavy (non-hydrogen) atoms. The number of benzene rings is 3. The van der Waals surface area contributed by atoms with Crippen LogP contribution >= 0.6 is 12.4 Å². The second-order valence-electron chi connectivity index (χ2n) is 8.78. The van der Waals surface area contributed by atoms with Crippen molar-refractivity contribution in [2.45, 2.75) is 18.9 Å². The van der Waals surface area contributed by atoms with Gasteiger partial charge in [-0.25, -0.2) is 8.78 Å². The van der Waals surface area contributed by atoms with E-state index in [0.29, 0.717) is 13.0 Å². The second-order valence-corrected chi connectivity index (χ2v) is 8.78. The van der Waals surface area contributed by atoms with Crippen LogP contribution in [0.5, 0.6) is 5.75 Å². The van der Waals surface area contributed by atoms with Gasteiger partial charge in [0.25, 0.3) is 0 Å². The lowest BCUT2D eigenvalue weighted by atomic mass is 10.0. The molecule has 1 heterocycles. The van der Waals surface area contributed by atoms with Crippen molar-refractivity contribution in [3.05, 3.63) is 95.6 Å². The molecule has 3 aromatic rings. The Labute approximate surface area is 216 Å². The first-order chi connectivity index (χ1) is 17.0. The van der Waals surface area contributed by atoms with E-state index in [9.17, 15) is 18.7 Å². The van der Waals surface area contributed by atoms with Crippen molar-refractivity contribution < 1.29 is 23.4 Å². The number of ketones is 1. The Bertz CT molecular complexity index is 1110. The molecule has 5 nitrogen and oxygen atoms in total. The average Bonchev–Trinajstić information content (AvgIpc) is 2.88. The summed E-state index contributed by atoms with van der Waals surface area (Å²) in [7, 11) is 0. The summed E-state index contributed by atoms with van der Waals surface area (Å²) in [6.45, 7) is 3.50. The van der Waals surface area contributed by atoms with Gasteiger partial charge in [-0.2, -0.15) is 0 Å². The molecule has 1 atom stereocenters. The first-order valence-corrected chi connectivity index (χ1v) is 11.9. The highest BCUT2D eigenvalue weighted by Crippen LogP contribution is 2.23. The van der Waals surface area contributed by atoms with Crippen molar-refractivity contribution in [3.8, 4) is 5.75 Å². The molecule has 1 fully saturated rings. The number of β-amino-alcohol motifs (C(OH)–C–C–N with tert-alkyl or cyclic N) is 1. The van der Waals surface area contributed by atoms with Gasteiger partial charge < -0.3 is 14.7 Å². The third-order valence-electron chi connectivity index (χ3n) is 6.19. The van der Waals surface area contributed by atoms with Gasteiger partial charge in [0.05, 0.1) is 5.56 Å². The number of piperazine rings is 1. The van der Waals surface area contributed by atoms with Crippen molar-refractivity contribution >= 4 is 23.9 Å². The van der Waals surface area contributed by atoms with Crippen molar-refractivity contribution in [1.29, 1.82) is 0 Å². The van der Waals surface area contributed by atoms with E-state index in [1.54, 1.807) is 12.1 Å². The molecule has 0 aromatic heterocycles. The van der Waals surface area contributed by atoms with Crippen molar-refractivity contribution in [3.63, 3.8) is 0 Å². The second kappa shape index (κ2) is 13.3. The normalized spacial score (nSPS) is 14.7. The SMILES string of the molecule is Cl.O=C(CCc1ccccc1)c1cc(F)ccc1OCC(O)CN1CCN(c2ccc(F)cc2)CC1. The smallest absolute Gasteiger partial charge is 0.167 e. The highest BCUT2D eigenvalue weighted by atomic mass is 35.5. The molecule has 1 N–H and O–H groups in total. The van der Waals surface area contributed by atoms with Crippen LogP contribution in [0.25, 0.3) is 0 Å². The molecule has 0 spiro atoms. The van der Waals surface area contributed by atoms with Gasteiger partial charge in [-0.15, -0.1) is 12.4 Å². The molecule has 1 aliphatic heterocycles. The maximum Gasteiger partial charge on any atom is 0.167 e. The summed E-state index contributed by atoms with van der Waals surface area (Å²) in [5, 5.41) is 10.5. The number of anilines is 1. The zero-order valence-corrected chi connectivity index (χ0v) is 20.8. The molecular weight excluding hydrogens is 486 g/mol. The summed E-state index contributed by atoms with van der Waals surface area (Å²) in [4.78, 5) is 17.1. The molecule has 3 aromatic carbocycles. The number of aliphatic hydroxyl groups excluding tert-OH is 1. The van der Waals surface area contributed by atoms with E-state index in [0.717, 1.165) is 37.4 Å². The van der Waals surface area contributed by atoms with Crippen LogP contribution in [0.4, 0.5) is 14.5 Å². The molecule has 0 saturated carbocycles. The van der Waals surface area contributed by atoms with Gasteiger partial charge in [0.1, 0.15) is 30.1 Å². The minimum Gasteiger partial charge on any atom is -0.490 e. The largest absolute Gasteiger partial charge is 0.490 e. The number of halogens is 3. The van der Waals surface area contributed by atoms with Gasteiger partial charge in [-0.05, 0) is 54.4 Å². The number of ether oxygens (including phenoxy) is 1.